The number of para-hydroxylation sites is 1. The maximum atomic E-state index is 13.0. The van der Waals surface area contributed by atoms with E-state index < -0.39 is 10.0 Å². The molecule has 1 N–H and O–H groups in total. The van der Waals surface area contributed by atoms with Gasteiger partial charge in [-0.05, 0) is 36.2 Å². The smallest absolute Gasteiger partial charge is 0.264 e. The van der Waals surface area contributed by atoms with Crippen molar-refractivity contribution in [3.05, 3.63) is 48.0 Å². The Balaban J connectivity index is 1.75. The number of hydrogen-bond donors (Lipinski definition) is 1. The fourth-order valence-corrected chi connectivity index (χ4v) is 4.57. The van der Waals surface area contributed by atoms with Crippen molar-refractivity contribution in [1.82, 2.24) is 0 Å². The number of sulfonamides is 1. The lowest BCUT2D eigenvalue weighted by molar-refractivity contribution is -0.116. The lowest BCUT2D eigenvalue weighted by Gasteiger charge is -2.20. The molecule has 124 valence electrons. The number of nitrogens with one attached hydrogen (secondary N) is 1. The van der Waals surface area contributed by atoms with E-state index in [-0.39, 0.29) is 23.8 Å². The summed E-state index contributed by atoms with van der Waals surface area (Å²) in [7, 11) is -3.69. The summed E-state index contributed by atoms with van der Waals surface area (Å²) in [5.41, 5.74) is 2.13. The summed E-state index contributed by atoms with van der Waals surface area (Å²) in [6.07, 6.45) is 0.941. The molecule has 0 unspecified atom stereocenters. The maximum absolute atomic E-state index is 13.0. The third kappa shape index (κ3) is 2.41. The van der Waals surface area contributed by atoms with E-state index in [1.807, 2.05) is 24.3 Å². The molecule has 2 aromatic rings. The lowest BCUT2D eigenvalue weighted by atomic mass is 10.2. The number of carbonyl (C=O) groups is 1. The Morgan fingerprint density at radius 3 is 2.79 bits per heavy atom. The Bertz CT molecular complexity index is 924. The second-order valence-electron chi connectivity index (χ2n) is 5.76. The van der Waals surface area contributed by atoms with Crippen LogP contribution in [0, 0.1) is 0 Å². The summed E-state index contributed by atoms with van der Waals surface area (Å²) >= 11 is 0. The van der Waals surface area contributed by atoms with Gasteiger partial charge in [-0.1, -0.05) is 18.2 Å². The predicted octanol–water partition coefficient (Wildman–Crippen LogP) is 2.16. The van der Waals surface area contributed by atoms with Gasteiger partial charge in [-0.25, -0.2) is 8.42 Å². The minimum Gasteiger partial charge on any atom is -0.491 e. The summed E-state index contributed by atoms with van der Waals surface area (Å²) in [5.74, 6) is 0.302. The molecule has 0 aromatic heterocycles. The van der Waals surface area contributed by atoms with Crippen molar-refractivity contribution in [3.8, 4) is 5.75 Å². The standard InChI is InChI=1S/C17H16N2O4S/c20-17-8-10-23-16-6-5-13(11-14(16)18-17)24(21,22)19-9-7-12-3-1-2-4-15(12)19/h1-6,11H,7-10H2,(H,18,20). The van der Waals surface area contributed by atoms with Gasteiger partial charge in [0.15, 0.2) is 0 Å². The van der Waals surface area contributed by atoms with Gasteiger partial charge < -0.3 is 10.1 Å². The molecule has 4 rings (SSSR count). The molecule has 7 heteroatoms. The van der Waals surface area contributed by atoms with Crippen molar-refractivity contribution in [2.75, 3.05) is 22.8 Å². The maximum Gasteiger partial charge on any atom is 0.264 e. The molecule has 6 nitrogen and oxygen atoms in total. The number of ether oxygens (including phenoxy) is 1. The topological polar surface area (TPSA) is 75.7 Å². The molecule has 1 amide bonds. The Hall–Kier alpha value is -2.54. The summed E-state index contributed by atoms with van der Waals surface area (Å²) in [4.78, 5) is 11.8. The fraction of sp³-hybridized carbons (Fsp3) is 0.235. The van der Waals surface area contributed by atoms with Gasteiger partial charge in [0.1, 0.15) is 5.75 Å². The zero-order chi connectivity index (χ0) is 16.7. The molecule has 0 bridgehead atoms. The van der Waals surface area contributed by atoms with Gasteiger partial charge in [0, 0.05) is 6.54 Å². The predicted molar refractivity (Wildman–Crippen MR) is 89.9 cm³/mol. The molecule has 2 heterocycles. The number of anilines is 2. The van der Waals surface area contributed by atoms with Crippen molar-refractivity contribution in [1.29, 1.82) is 0 Å². The van der Waals surface area contributed by atoms with Crippen LogP contribution in [0.2, 0.25) is 0 Å². The monoisotopic (exact) mass is 344 g/mol. The van der Waals surface area contributed by atoms with Gasteiger partial charge in [-0.3, -0.25) is 9.10 Å². The van der Waals surface area contributed by atoms with Crippen LogP contribution < -0.4 is 14.4 Å². The quantitative estimate of drug-likeness (QED) is 0.906. The highest BCUT2D eigenvalue weighted by molar-refractivity contribution is 7.92. The first-order valence-electron chi connectivity index (χ1n) is 7.73. The van der Waals surface area contributed by atoms with E-state index in [1.165, 1.54) is 16.4 Å². The third-order valence-corrected chi connectivity index (χ3v) is 6.05. The number of nitrogens with zero attached hydrogens (tertiary/aromatic N) is 1. The van der Waals surface area contributed by atoms with Crippen LogP contribution in [0.5, 0.6) is 5.75 Å². The molecule has 0 atom stereocenters. The molecule has 2 aromatic carbocycles. The van der Waals surface area contributed by atoms with Gasteiger partial charge in [0.05, 0.1) is 29.3 Å². The number of carbonyl (C=O) groups excluding carboxylic acids is 1. The Kier molecular flexibility index (Phi) is 3.45. The first kappa shape index (κ1) is 15.0. The van der Waals surface area contributed by atoms with E-state index in [4.69, 9.17) is 4.74 Å². The largest absolute Gasteiger partial charge is 0.491 e. The Morgan fingerprint density at radius 1 is 1.08 bits per heavy atom. The third-order valence-electron chi connectivity index (χ3n) is 4.24. The zero-order valence-corrected chi connectivity index (χ0v) is 13.7. The fourth-order valence-electron chi connectivity index (χ4n) is 3.04. The highest BCUT2D eigenvalue weighted by atomic mass is 32.2. The molecular weight excluding hydrogens is 328 g/mol. The molecule has 2 aliphatic heterocycles. The highest BCUT2D eigenvalue weighted by Crippen LogP contribution is 2.35. The van der Waals surface area contributed by atoms with E-state index in [9.17, 15) is 13.2 Å². The second-order valence-corrected chi connectivity index (χ2v) is 7.62. The van der Waals surface area contributed by atoms with Gasteiger partial charge in [0.25, 0.3) is 10.0 Å². The van der Waals surface area contributed by atoms with Gasteiger partial charge in [-0.15, -0.1) is 0 Å². The van der Waals surface area contributed by atoms with Crippen LogP contribution in [0.25, 0.3) is 0 Å². The lowest BCUT2D eigenvalue weighted by Crippen LogP contribution is -2.29. The number of benzene rings is 2. The van der Waals surface area contributed by atoms with E-state index in [2.05, 4.69) is 5.32 Å². The Morgan fingerprint density at radius 2 is 1.92 bits per heavy atom. The zero-order valence-electron chi connectivity index (χ0n) is 12.9. The van der Waals surface area contributed by atoms with Gasteiger partial charge in [-0.2, -0.15) is 0 Å². The van der Waals surface area contributed by atoms with Crippen LogP contribution in [0.1, 0.15) is 12.0 Å². The van der Waals surface area contributed by atoms with Gasteiger partial charge in [0.2, 0.25) is 5.91 Å². The van der Waals surface area contributed by atoms with Crippen molar-refractivity contribution in [3.63, 3.8) is 0 Å². The summed E-state index contributed by atoms with van der Waals surface area (Å²) in [6, 6.07) is 12.1. The normalized spacial score (nSPS) is 16.7. The second kappa shape index (κ2) is 5.52. The van der Waals surface area contributed by atoms with Crippen LogP contribution in [-0.4, -0.2) is 27.5 Å². The number of rotatable bonds is 2. The molecular formula is C17H16N2O4S. The van der Waals surface area contributed by atoms with Crippen LogP contribution in [0.4, 0.5) is 11.4 Å². The van der Waals surface area contributed by atoms with E-state index in [0.29, 0.717) is 30.1 Å². The first-order chi connectivity index (χ1) is 11.6. The van der Waals surface area contributed by atoms with E-state index in [0.717, 1.165) is 5.56 Å². The van der Waals surface area contributed by atoms with Crippen molar-refractivity contribution >= 4 is 27.3 Å². The van der Waals surface area contributed by atoms with Gasteiger partial charge >= 0.3 is 0 Å². The van der Waals surface area contributed by atoms with Crippen LogP contribution >= 0.6 is 0 Å². The highest BCUT2D eigenvalue weighted by Gasteiger charge is 2.31. The van der Waals surface area contributed by atoms with Crippen molar-refractivity contribution in [2.24, 2.45) is 0 Å². The van der Waals surface area contributed by atoms with Crippen molar-refractivity contribution in [2.45, 2.75) is 17.7 Å². The van der Waals surface area contributed by atoms with Crippen LogP contribution in [0.15, 0.2) is 47.4 Å². The van der Waals surface area contributed by atoms with E-state index in [1.54, 1.807) is 6.07 Å². The van der Waals surface area contributed by atoms with Crippen LogP contribution in [-0.2, 0) is 21.2 Å². The molecule has 0 saturated heterocycles. The minimum atomic E-state index is -3.69. The van der Waals surface area contributed by atoms with E-state index >= 15 is 0 Å². The first-order valence-corrected chi connectivity index (χ1v) is 9.17. The molecule has 0 spiro atoms. The molecule has 0 saturated carbocycles. The average molecular weight is 344 g/mol. The molecule has 2 aliphatic rings. The average Bonchev–Trinajstić information content (AvgIpc) is 2.91. The minimum absolute atomic E-state index is 0.142. The SMILES string of the molecule is O=C1CCOc2ccc(S(=O)(=O)N3CCc4ccccc43)cc2N1. The molecule has 0 fully saturated rings. The summed E-state index contributed by atoms with van der Waals surface area (Å²) < 4.78 is 32.9. The number of fused-ring (bicyclic) bond motifs is 2. The van der Waals surface area contributed by atoms with Crippen molar-refractivity contribution < 1.29 is 17.9 Å². The number of amides is 1. The summed E-state index contributed by atoms with van der Waals surface area (Å²) in [6.45, 7) is 0.700. The molecule has 0 aliphatic carbocycles. The van der Waals surface area contributed by atoms with Crippen LogP contribution in [0.3, 0.4) is 0 Å². The number of hydrogen-bond acceptors (Lipinski definition) is 4. The Labute approximate surface area is 140 Å². The summed E-state index contributed by atoms with van der Waals surface area (Å²) in [5, 5.41) is 2.70. The molecule has 0 radical (unpaired) electrons. The molecule has 24 heavy (non-hydrogen) atoms.